The fourth-order valence-electron chi connectivity index (χ4n) is 1.33. The molecular formula is C8H17BrN2O3S. The van der Waals surface area contributed by atoms with Gasteiger partial charge in [-0.05, 0) is 6.54 Å². The maximum absolute atomic E-state index is 12.0. The van der Waals surface area contributed by atoms with E-state index in [-0.39, 0.29) is 0 Å². The minimum absolute atomic E-state index is 0.427. The average molecular weight is 301 g/mol. The summed E-state index contributed by atoms with van der Waals surface area (Å²) in [5.41, 5.74) is 0. The highest BCUT2D eigenvalue weighted by atomic mass is 79.9. The minimum Gasteiger partial charge on any atom is -0.379 e. The van der Waals surface area contributed by atoms with E-state index < -0.39 is 14.2 Å². The van der Waals surface area contributed by atoms with Gasteiger partial charge in [0.1, 0.15) is 4.16 Å². The monoisotopic (exact) mass is 300 g/mol. The van der Waals surface area contributed by atoms with Crippen molar-refractivity contribution in [2.45, 2.75) is 11.1 Å². The van der Waals surface area contributed by atoms with E-state index in [1.807, 2.05) is 6.92 Å². The summed E-state index contributed by atoms with van der Waals surface area (Å²) in [5, 5.41) is 3.01. The smallest absolute Gasteiger partial charge is 0.228 e. The van der Waals surface area contributed by atoms with E-state index in [1.165, 1.54) is 4.31 Å². The molecule has 1 N–H and O–H groups in total. The minimum atomic E-state index is -3.23. The number of morpholine rings is 1. The van der Waals surface area contributed by atoms with E-state index >= 15 is 0 Å². The Balaban J connectivity index is 2.55. The third kappa shape index (κ3) is 3.67. The molecule has 0 amide bonds. The van der Waals surface area contributed by atoms with Crippen LogP contribution in [0.1, 0.15) is 6.92 Å². The maximum atomic E-state index is 12.0. The van der Waals surface area contributed by atoms with E-state index in [0.29, 0.717) is 32.8 Å². The van der Waals surface area contributed by atoms with E-state index in [4.69, 9.17) is 4.74 Å². The summed E-state index contributed by atoms with van der Waals surface area (Å²) in [5.74, 6) is 0. The summed E-state index contributed by atoms with van der Waals surface area (Å²) in [6, 6.07) is 0. The van der Waals surface area contributed by atoms with Crippen LogP contribution < -0.4 is 5.32 Å². The topological polar surface area (TPSA) is 58.6 Å². The van der Waals surface area contributed by atoms with Gasteiger partial charge in [0.2, 0.25) is 10.0 Å². The molecule has 7 heteroatoms. The van der Waals surface area contributed by atoms with Crippen LogP contribution in [0.2, 0.25) is 0 Å². The first-order valence-corrected chi connectivity index (χ1v) is 7.42. The number of halogens is 1. The van der Waals surface area contributed by atoms with Crippen LogP contribution in [0.4, 0.5) is 0 Å². The van der Waals surface area contributed by atoms with Crippen LogP contribution in [0.3, 0.4) is 0 Å². The summed E-state index contributed by atoms with van der Waals surface area (Å²) >= 11 is 3.20. The van der Waals surface area contributed by atoms with E-state index in [0.717, 1.165) is 6.54 Å². The summed E-state index contributed by atoms with van der Waals surface area (Å²) in [6.45, 7) is 5.02. The number of nitrogens with zero attached hydrogens (tertiary/aromatic N) is 1. The Kier molecular flexibility index (Phi) is 5.48. The van der Waals surface area contributed by atoms with Crippen molar-refractivity contribution in [2.24, 2.45) is 0 Å². The fraction of sp³-hybridized carbons (Fsp3) is 1.00. The molecule has 1 aliphatic heterocycles. The zero-order valence-corrected chi connectivity index (χ0v) is 11.2. The third-order valence-corrected chi connectivity index (χ3v) is 5.85. The van der Waals surface area contributed by atoms with Crippen molar-refractivity contribution in [2.75, 3.05) is 39.4 Å². The first-order chi connectivity index (χ1) is 7.09. The lowest BCUT2D eigenvalue weighted by atomic mass is 10.5. The van der Waals surface area contributed by atoms with Crippen molar-refractivity contribution in [1.82, 2.24) is 9.62 Å². The van der Waals surface area contributed by atoms with Gasteiger partial charge in [0, 0.05) is 19.6 Å². The second kappa shape index (κ2) is 6.15. The van der Waals surface area contributed by atoms with Crippen molar-refractivity contribution in [3.8, 4) is 0 Å². The molecular weight excluding hydrogens is 284 g/mol. The summed E-state index contributed by atoms with van der Waals surface area (Å²) in [4.78, 5) is 0. The van der Waals surface area contributed by atoms with Crippen molar-refractivity contribution < 1.29 is 13.2 Å². The molecule has 0 bridgehead atoms. The molecule has 90 valence electrons. The van der Waals surface area contributed by atoms with Crippen LogP contribution in [0.5, 0.6) is 0 Å². The quantitative estimate of drug-likeness (QED) is 0.725. The normalized spacial score (nSPS) is 21.5. The lowest BCUT2D eigenvalue weighted by Crippen LogP contribution is -2.46. The Bertz CT molecular complexity index is 278. The van der Waals surface area contributed by atoms with Gasteiger partial charge < -0.3 is 10.1 Å². The Morgan fingerprint density at radius 3 is 2.60 bits per heavy atom. The van der Waals surface area contributed by atoms with Gasteiger partial charge in [0.15, 0.2) is 0 Å². The van der Waals surface area contributed by atoms with Crippen LogP contribution in [-0.4, -0.2) is 56.3 Å². The maximum Gasteiger partial charge on any atom is 0.228 e. The number of hydrogen-bond donors (Lipinski definition) is 1. The highest BCUT2D eigenvalue weighted by Gasteiger charge is 2.30. The zero-order valence-electron chi connectivity index (χ0n) is 8.78. The SMILES string of the molecule is CCNCC(Br)S(=O)(=O)N1CCOCC1. The zero-order chi connectivity index (χ0) is 11.3. The molecule has 0 aromatic rings. The van der Waals surface area contributed by atoms with Gasteiger partial charge in [-0.3, -0.25) is 0 Å². The molecule has 1 atom stereocenters. The Hall–Kier alpha value is 0.310. The standard InChI is InChI=1S/C8H17BrN2O3S/c1-2-10-7-8(9)15(12,13)11-3-5-14-6-4-11/h8,10H,2-7H2,1H3. The molecule has 1 rings (SSSR count). The molecule has 1 aliphatic rings. The Labute approximate surface area is 99.3 Å². The molecule has 5 nitrogen and oxygen atoms in total. The number of hydrogen-bond acceptors (Lipinski definition) is 4. The van der Waals surface area contributed by atoms with Crippen LogP contribution in [-0.2, 0) is 14.8 Å². The number of nitrogens with one attached hydrogen (secondary N) is 1. The van der Waals surface area contributed by atoms with Crippen LogP contribution >= 0.6 is 15.9 Å². The van der Waals surface area contributed by atoms with Crippen LogP contribution in [0.15, 0.2) is 0 Å². The van der Waals surface area contributed by atoms with Gasteiger partial charge >= 0.3 is 0 Å². The fourth-order valence-corrected chi connectivity index (χ4v) is 3.57. The molecule has 0 radical (unpaired) electrons. The largest absolute Gasteiger partial charge is 0.379 e. The number of ether oxygens (including phenoxy) is 1. The van der Waals surface area contributed by atoms with Crippen molar-refractivity contribution in [1.29, 1.82) is 0 Å². The Morgan fingerprint density at radius 1 is 1.47 bits per heavy atom. The predicted octanol–water partition coefficient (Wildman–Crippen LogP) is -0.0211. The second-order valence-electron chi connectivity index (χ2n) is 3.27. The van der Waals surface area contributed by atoms with Gasteiger partial charge in [0.25, 0.3) is 0 Å². The average Bonchev–Trinajstić information content (AvgIpc) is 2.27. The summed E-state index contributed by atoms with van der Waals surface area (Å²) in [7, 11) is -3.23. The van der Waals surface area contributed by atoms with Gasteiger partial charge in [-0.25, -0.2) is 8.42 Å². The molecule has 15 heavy (non-hydrogen) atoms. The van der Waals surface area contributed by atoms with Gasteiger partial charge in [0.05, 0.1) is 13.2 Å². The first-order valence-electron chi connectivity index (χ1n) is 5.00. The summed E-state index contributed by atoms with van der Waals surface area (Å²) < 4.78 is 30.0. The second-order valence-corrected chi connectivity index (χ2v) is 7.10. The summed E-state index contributed by atoms with van der Waals surface area (Å²) in [6.07, 6.45) is 0. The number of sulfonamides is 1. The molecule has 0 saturated carbocycles. The molecule has 1 fully saturated rings. The lowest BCUT2D eigenvalue weighted by molar-refractivity contribution is 0.0729. The van der Waals surface area contributed by atoms with Gasteiger partial charge in [-0.1, -0.05) is 22.9 Å². The van der Waals surface area contributed by atoms with E-state index in [1.54, 1.807) is 0 Å². The predicted molar refractivity (Wildman–Crippen MR) is 62.6 cm³/mol. The van der Waals surface area contributed by atoms with E-state index in [2.05, 4.69) is 21.2 Å². The molecule has 1 heterocycles. The lowest BCUT2D eigenvalue weighted by Gasteiger charge is -2.28. The highest BCUT2D eigenvalue weighted by Crippen LogP contribution is 2.15. The first kappa shape index (κ1) is 13.4. The number of rotatable bonds is 5. The van der Waals surface area contributed by atoms with Gasteiger partial charge in [-0.15, -0.1) is 0 Å². The Morgan fingerprint density at radius 2 is 2.07 bits per heavy atom. The van der Waals surface area contributed by atoms with Crippen LogP contribution in [0.25, 0.3) is 0 Å². The van der Waals surface area contributed by atoms with Crippen molar-refractivity contribution in [3.63, 3.8) is 0 Å². The highest BCUT2D eigenvalue weighted by molar-refractivity contribution is 9.11. The third-order valence-electron chi connectivity index (χ3n) is 2.21. The molecule has 0 spiro atoms. The molecule has 0 aromatic heterocycles. The number of alkyl halides is 1. The molecule has 0 aromatic carbocycles. The van der Waals surface area contributed by atoms with Crippen LogP contribution in [0, 0.1) is 0 Å². The van der Waals surface area contributed by atoms with E-state index in [9.17, 15) is 8.42 Å². The molecule has 1 saturated heterocycles. The van der Waals surface area contributed by atoms with Crippen molar-refractivity contribution in [3.05, 3.63) is 0 Å². The van der Waals surface area contributed by atoms with Gasteiger partial charge in [-0.2, -0.15) is 4.31 Å². The molecule has 0 aliphatic carbocycles. The molecule has 1 unspecified atom stereocenters. The van der Waals surface area contributed by atoms with Crippen molar-refractivity contribution >= 4 is 26.0 Å².